The van der Waals surface area contributed by atoms with Gasteiger partial charge in [-0.05, 0) is 62.9 Å². The summed E-state index contributed by atoms with van der Waals surface area (Å²) < 4.78 is 27.7. The highest BCUT2D eigenvalue weighted by Crippen LogP contribution is 2.49. The van der Waals surface area contributed by atoms with Crippen LogP contribution in [0.1, 0.15) is 54.5 Å². The number of ether oxygens (including phenoxy) is 2. The third-order valence-corrected chi connectivity index (χ3v) is 10.9. The molecule has 3 atom stereocenters. The lowest BCUT2D eigenvalue weighted by Gasteiger charge is -2.37. The van der Waals surface area contributed by atoms with E-state index in [0.29, 0.717) is 69.0 Å². The van der Waals surface area contributed by atoms with Crippen LogP contribution in [0.3, 0.4) is 0 Å². The number of aromatic nitrogens is 2. The summed E-state index contributed by atoms with van der Waals surface area (Å²) in [6.07, 6.45) is 4.76. The number of rotatable bonds is 7. The predicted octanol–water partition coefficient (Wildman–Crippen LogP) is 4.28. The highest BCUT2D eigenvalue weighted by atomic mass is 35.5. The van der Waals surface area contributed by atoms with Gasteiger partial charge in [0.2, 0.25) is 0 Å². The number of fused-ring (bicyclic) bond motifs is 4. The normalized spacial score (nSPS) is 28.8. The van der Waals surface area contributed by atoms with Crippen molar-refractivity contribution in [1.82, 2.24) is 20.2 Å². The van der Waals surface area contributed by atoms with E-state index in [2.05, 4.69) is 21.2 Å². The number of halogens is 3. The number of benzene rings is 1. The summed E-state index contributed by atoms with van der Waals surface area (Å²) in [5, 5.41) is 4.31. The van der Waals surface area contributed by atoms with Gasteiger partial charge in [-0.15, -0.1) is 0 Å². The zero-order valence-corrected chi connectivity index (χ0v) is 26.7. The summed E-state index contributed by atoms with van der Waals surface area (Å²) in [5.74, 6) is 0.769. The molecule has 2 saturated heterocycles. The van der Waals surface area contributed by atoms with Crippen molar-refractivity contribution >= 4 is 34.7 Å². The first-order valence-corrected chi connectivity index (χ1v) is 16.5. The Bertz CT molecular complexity index is 1510. The van der Waals surface area contributed by atoms with Gasteiger partial charge in [0.15, 0.2) is 0 Å². The zero-order valence-electron chi connectivity index (χ0n) is 25.2. The predicted molar refractivity (Wildman–Crippen MR) is 171 cm³/mol. The van der Waals surface area contributed by atoms with Crippen LogP contribution in [0.2, 0.25) is 5.02 Å². The topological polar surface area (TPSA) is 101 Å². The molecule has 9 nitrogen and oxygen atoms in total. The van der Waals surface area contributed by atoms with E-state index in [1.165, 1.54) is 0 Å². The van der Waals surface area contributed by atoms with Crippen molar-refractivity contribution in [2.24, 2.45) is 10.7 Å². The molecule has 1 aromatic carbocycles. The van der Waals surface area contributed by atoms with Crippen LogP contribution in [0, 0.1) is 0 Å². The molecule has 4 aliphatic heterocycles. The Labute approximate surface area is 268 Å². The van der Waals surface area contributed by atoms with E-state index < -0.39 is 11.8 Å². The average molecular weight is 645 g/mol. The maximum atomic E-state index is 14.5. The Balaban J connectivity index is 1.24. The molecule has 7 rings (SSSR count). The van der Waals surface area contributed by atoms with E-state index >= 15 is 0 Å². The minimum atomic E-state index is -0.826. The van der Waals surface area contributed by atoms with Gasteiger partial charge in [-0.2, -0.15) is 9.97 Å². The van der Waals surface area contributed by atoms with Gasteiger partial charge >= 0.3 is 6.01 Å². The van der Waals surface area contributed by atoms with Crippen molar-refractivity contribution in [2.45, 2.75) is 68.9 Å². The molecule has 5 aliphatic rings. The molecule has 1 aliphatic carbocycles. The molecular weight excluding hydrogens is 604 g/mol. The summed E-state index contributed by atoms with van der Waals surface area (Å²) in [5.41, 5.74) is 10.9. The molecule has 1 spiro atoms. The smallest absolute Gasteiger partial charge is 0.318 e. The van der Waals surface area contributed by atoms with Crippen LogP contribution in [-0.2, 0) is 29.8 Å². The van der Waals surface area contributed by atoms with E-state index in [1.807, 2.05) is 19.2 Å². The van der Waals surface area contributed by atoms with Gasteiger partial charge in [-0.25, -0.2) is 4.39 Å². The Morgan fingerprint density at radius 3 is 2.98 bits per heavy atom. The Morgan fingerprint density at radius 1 is 1.23 bits per heavy atom. The molecule has 5 heterocycles. The molecule has 2 aromatic rings. The number of likely N-dealkylation sites (N-methyl/N-ethyl adjacent to an activating group) is 1. The first kappa shape index (κ1) is 30.2. The minimum Gasteiger partial charge on any atom is -0.461 e. The Kier molecular flexibility index (Phi) is 8.24. The number of nitrogens with one attached hydrogen (secondary N) is 1. The van der Waals surface area contributed by atoms with Crippen molar-refractivity contribution in [3.8, 4) is 6.01 Å². The van der Waals surface area contributed by atoms with Crippen LogP contribution in [-0.4, -0.2) is 85.2 Å². The van der Waals surface area contributed by atoms with Gasteiger partial charge in [0.25, 0.3) is 0 Å². The lowest BCUT2D eigenvalue weighted by molar-refractivity contribution is -0.0730. The fourth-order valence-electron chi connectivity index (χ4n) is 7.89. The van der Waals surface area contributed by atoms with Crippen molar-refractivity contribution in [3.63, 3.8) is 0 Å². The lowest BCUT2D eigenvalue weighted by atomic mass is 9.87. The SMILES string of the molecule is CNCC(N)=C(Cl)C1=NCCCN(c2nc(OC[C@@]34CCCN3C[C@H](F)C4)nc3c2CO[C@@]2(CCc4c(Cl)cccc42)C3)C1. The first-order chi connectivity index (χ1) is 21.3. The van der Waals surface area contributed by atoms with Gasteiger partial charge in [0.05, 0.1) is 40.7 Å². The quantitative estimate of drug-likeness (QED) is 0.461. The molecule has 12 heteroatoms. The molecule has 0 saturated carbocycles. The maximum absolute atomic E-state index is 14.5. The molecular formula is C32H40Cl2FN7O2. The summed E-state index contributed by atoms with van der Waals surface area (Å²) in [6, 6.07) is 6.39. The molecule has 3 N–H and O–H groups in total. The van der Waals surface area contributed by atoms with E-state index in [0.717, 1.165) is 84.1 Å². The van der Waals surface area contributed by atoms with Crippen molar-refractivity contribution in [1.29, 1.82) is 0 Å². The van der Waals surface area contributed by atoms with Gasteiger partial charge in [-0.3, -0.25) is 9.89 Å². The molecule has 0 amide bonds. The summed E-state index contributed by atoms with van der Waals surface area (Å²) in [6.45, 7) is 4.42. The van der Waals surface area contributed by atoms with Crippen LogP contribution in [0.4, 0.5) is 10.2 Å². The minimum absolute atomic E-state index is 0.296. The first-order valence-electron chi connectivity index (χ1n) is 15.7. The number of hydrogen-bond acceptors (Lipinski definition) is 9. The third kappa shape index (κ3) is 5.36. The third-order valence-electron chi connectivity index (χ3n) is 10.0. The largest absolute Gasteiger partial charge is 0.461 e. The second kappa shape index (κ2) is 12.0. The van der Waals surface area contributed by atoms with Crippen molar-refractivity contribution < 1.29 is 13.9 Å². The molecule has 1 aromatic heterocycles. The highest BCUT2D eigenvalue weighted by Gasteiger charge is 2.50. The van der Waals surface area contributed by atoms with Gasteiger partial charge in [-0.1, -0.05) is 35.3 Å². The van der Waals surface area contributed by atoms with Crippen molar-refractivity contribution in [3.05, 3.63) is 56.3 Å². The second-order valence-electron chi connectivity index (χ2n) is 12.8. The van der Waals surface area contributed by atoms with E-state index in [9.17, 15) is 4.39 Å². The van der Waals surface area contributed by atoms with Gasteiger partial charge < -0.3 is 25.4 Å². The maximum Gasteiger partial charge on any atom is 0.318 e. The monoisotopic (exact) mass is 643 g/mol. The standard InChI is InChI=1S/C32H40Cl2FN7O2/c1-37-15-25(36)28(34)27-17-41(11-4-10-38-27)29-22-18-44-32(9-7-21-23(32)5-2-6-24(21)33)14-26(22)39-30(40-29)43-19-31-8-3-12-42(31)16-20(35)13-31/h2,5-6,20,37H,3-4,7-19,36H2,1H3/t20-,31+,32+/m1/s1. The van der Waals surface area contributed by atoms with Crippen LogP contribution in [0.15, 0.2) is 33.9 Å². The molecule has 44 heavy (non-hydrogen) atoms. The molecule has 0 radical (unpaired) electrons. The number of nitrogens with zero attached hydrogens (tertiary/aromatic N) is 5. The average Bonchev–Trinajstić information content (AvgIpc) is 3.58. The van der Waals surface area contributed by atoms with E-state index in [-0.39, 0.29) is 5.54 Å². The fraction of sp³-hybridized carbons (Fsp3) is 0.594. The highest BCUT2D eigenvalue weighted by molar-refractivity contribution is 6.44. The summed E-state index contributed by atoms with van der Waals surface area (Å²) in [4.78, 5) is 19.3. The fourth-order valence-corrected chi connectivity index (χ4v) is 8.34. The summed E-state index contributed by atoms with van der Waals surface area (Å²) in [7, 11) is 1.83. The van der Waals surface area contributed by atoms with E-state index in [4.69, 9.17) is 53.4 Å². The lowest BCUT2D eigenvalue weighted by Crippen LogP contribution is -2.43. The number of hydrogen-bond donors (Lipinski definition) is 2. The Morgan fingerprint density at radius 2 is 2.11 bits per heavy atom. The van der Waals surface area contributed by atoms with Gasteiger partial charge in [0, 0.05) is 55.3 Å². The van der Waals surface area contributed by atoms with Crippen molar-refractivity contribution in [2.75, 3.05) is 57.8 Å². The number of alkyl halides is 1. The number of aliphatic imine (C=N–C) groups is 1. The second-order valence-corrected chi connectivity index (χ2v) is 13.6. The number of nitrogens with two attached hydrogens (primary N) is 1. The molecule has 2 fully saturated rings. The summed E-state index contributed by atoms with van der Waals surface area (Å²) >= 11 is 13.3. The number of anilines is 1. The van der Waals surface area contributed by atoms with Gasteiger partial charge in [0.1, 0.15) is 18.6 Å². The van der Waals surface area contributed by atoms with Crippen LogP contribution in [0.5, 0.6) is 6.01 Å². The van der Waals surface area contributed by atoms with Crippen LogP contribution in [0.25, 0.3) is 0 Å². The molecule has 0 bridgehead atoms. The van der Waals surface area contributed by atoms with E-state index in [1.54, 1.807) is 0 Å². The van der Waals surface area contributed by atoms with Crippen LogP contribution < -0.4 is 20.7 Å². The zero-order chi connectivity index (χ0) is 30.5. The molecule has 0 unspecified atom stereocenters. The van der Waals surface area contributed by atoms with Crippen LogP contribution >= 0.6 is 23.2 Å². The molecule has 236 valence electrons. The Hall–Kier alpha value is -2.50.